The van der Waals surface area contributed by atoms with E-state index in [1.165, 1.54) is 13.2 Å². The summed E-state index contributed by atoms with van der Waals surface area (Å²) < 4.78 is 36.6. The van der Waals surface area contributed by atoms with Crippen LogP contribution in [-0.4, -0.2) is 59.5 Å². The average Bonchev–Trinajstić information content (AvgIpc) is 2.83. The largest absolute Gasteiger partial charge is 0.494 e. The molecule has 0 aromatic heterocycles. The molecule has 1 N–H and O–H groups in total. The molecule has 0 atom stereocenters. The monoisotopic (exact) mass is 443 g/mol. The summed E-state index contributed by atoms with van der Waals surface area (Å²) in [7, 11) is 3.33. The fourth-order valence-electron chi connectivity index (χ4n) is 3.45. The molecule has 0 spiro atoms. The highest BCUT2D eigenvalue weighted by atomic mass is 19.1. The van der Waals surface area contributed by atoms with Crippen molar-refractivity contribution in [2.45, 2.75) is 25.4 Å². The summed E-state index contributed by atoms with van der Waals surface area (Å²) >= 11 is 0. The van der Waals surface area contributed by atoms with Crippen LogP contribution in [0.5, 0.6) is 5.75 Å². The van der Waals surface area contributed by atoms with E-state index in [0.29, 0.717) is 44.9 Å². The first-order chi connectivity index (χ1) is 15.6. The molecule has 0 amide bonds. The minimum Gasteiger partial charge on any atom is -0.494 e. The number of hydrogen-bond donors (Lipinski definition) is 1. The summed E-state index contributed by atoms with van der Waals surface area (Å²) in [5, 5.41) is 12.1. The van der Waals surface area contributed by atoms with Gasteiger partial charge in [-0.2, -0.15) is 5.26 Å². The number of rotatable bonds is 11. The van der Waals surface area contributed by atoms with E-state index in [2.05, 4.69) is 16.3 Å². The number of nitriles is 1. The van der Waals surface area contributed by atoms with E-state index in [-0.39, 0.29) is 18.1 Å². The predicted molar refractivity (Wildman–Crippen MR) is 119 cm³/mol. The highest BCUT2D eigenvalue weighted by Crippen LogP contribution is 2.23. The fraction of sp³-hybridized carbons (Fsp3) is 0.458. The van der Waals surface area contributed by atoms with Crippen molar-refractivity contribution in [2.24, 2.45) is 0 Å². The Morgan fingerprint density at radius 1 is 1.19 bits per heavy atom. The van der Waals surface area contributed by atoms with Crippen LogP contribution >= 0.6 is 0 Å². The second-order valence-electron chi connectivity index (χ2n) is 7.53. The zero-order chi connectivity index (χ0) is 22.8. The number of ether oxygens (including phenoxy) is 4. The molecule has 0 radical (unpaired) electrons. The van der Waals surface area contributed by atoms with Gasteiger partial charge in [0.05, 0.1) is 38.6 Å². The Morgan fingerprint density at radius 3 is 2.56 bits per heavy atom. The molecule has 1 saturated heterocycles. The lowest BCUT2D eigenvalue weighted by Crippen LogP contribution is -2.40. The molecule has 3 rings (SSSR count). The number of nitrogens with one attached hydrogen (secondary N) is 1. The molecular formula is C24H30FN3O4. The van der Waals surface area contributed by atoms with Crippen molar-refractivity contribution >= 4 is 5.69 Å². The lowest BCUT2D eigenvalue weighted by atomic mass is 10.1. The van der Waals surface area contributed by atoms with Crippen LogP contribution in [0.3, 0.4) is 0 Å². The molecule has 32 heavy (non-hydrogen) atoms. The van der Waals surface area contributed by atoms with Crippen molar-refractivity contribution in [3.63, 3.8) is 0 Å². The van der Waals surface area contributed by atoms with Gasteiger partial charge in [0, 0.05) is 31.7 Å². The Balaban J connectivity index is 1.61. The lowest BCUT2D eigenvalue weighted by molar-refractivity contribution is -0.226. The van der Waals surface area contributed by atoms with E-state index in [0.717, 1.165) is 17.8 Å². The Morgan fingerprint density at radius 2 is 1.94 bits per heavy atom. The lowest BCUT2D eigenvalue weighted by Gasteiger charge is -2.32. The first-order valence-electron chi connectivity index (χ1n) is 10.7. The van der Waals surface area contributed by atoms with Gasteiger partial charge in [0.2, 0.25) is 0 Å². The minimum absolute atomic E-state index is 0.0588. The van der Waals surface area contributed by atoms with Crippen molar-refractivity contribution in [1.82, 2.24) is 5.32 Å². The SMILES string of the molecule is CNCCOC1COC(CCN(Cc2ccc(OC)c(F)c2)c2ccc(C#N)cc2)OC1. The van der Waals surface area contributed by atoms with Gasteiger partial charge in [0.1, 0.15) is 6.10 Å². The van der Waals surface area contributed by atoms with Crippen LogP contribution in [0.2, 0.25) is 0 Å². The maximum atomic E-state index is 14.2. The maximum absolute atomic E-state index is 14.2. The number of nitrogens with zero attached hydrogens (tertiary/aromatic N) is 2. The molecule has 0 bridgehead atoms. The topological polar surface area (TPSA) is 76.0 Å². The standard InChI is InChI=1S/C24H30FN3O4/c1-27-10-12-30-21-16-31-24(32-17-21)9-11-28(20-6-3-18(14-26)4-7-20)15-19-5-8-23(29-2)22(25)13-19/h3-8,13,21,24,27H,9-12,15-17H2,1-2H3. The summed E-state index contributed by atoms with van der Waals surface area (Å²) in [5.74, 6) is -0.179. The highest BCUT2D eigenvalue weighted by molar-refractivity contribution is 5.50. The summed E-state index contributed by atoms with van der Waals surface area (Å²) in [6.07, 6.45) is 0.256. The van der Waals surface area contributed by atoms with Crippen LogP contribution in [0, 0.1) is 17.1 Å². The van der Waals surface area contributed by atoms with Crippen LogP contribution < -0.4 is 15.0 Å². The molecule has 1 aliphatic heterocycles. The zero-order valence-corrected chi connectivity index (χ0v) is 18.6. The molecular weight excluding hydrogens is 413 g/mol. The molecule has 0 saturated carbocycles. The molecule has 2 aromatic carbocycles. The number of likely N-dealkylation sites (N-methyl/N-ethyl adjacent to an activating group) is 1. The van der Waals surface area contributed by atoms with Crippen LogP contribution in [0.1, 0.15) is 17.5 Å². The highest BCUT2D eigenvalue weighted by Gasteiger charge is 2.23. The molecule has 7 nitrogen and oxygen atoms in total. The molecule has 1 heterocycles. The van der Waals surface area contributed by atoms with Gasteiger partial charge in [-0.25, -0.2) is 4.39 Å². The molecule has 1 aliphatic rings. The quantitative estimate of drug-likeness (QED) is 0.535. The average molecular weight is 444 g/mol. The summed E-state index contributed by atoms with van der Waals surface area (Å²) in [6, 6.07) is 14.4. The third kappa shape index (κ3) is 6.90. The normalized spacial score (nSPS) is 18.2. The smallest absolute Gasteiger partial charge is 0.165 e. The van der Waals surface area contributed by atoms with Gasteiger partial charge >= 0.3 is 0 Å². The Kier molecular flexibility index (Phi) is 9.26. The summed E-state index contributed by atoms with van der Waals surface area (Å²) in [4.78, 5) is 2.12. The van der Waals surface area contributed by atoms with Crippen molar-refractivity contribution in [1.29, 1.82) is 5.26 Å². The Bertz CT molecular complexity index is 880. The van der Waals surface area contributed by atoms with E-state index < -0.39 is 5.82 Å². The summed E-state index contributed by atoms with van der Waals surface area (Å²) in [6.45, 7) is 3.52. The fourth-order valence-corrected chi connectivity index (χ4v) is 3.45. The minimum atomic E-state index is -0.395. The third-order valence-corrected chi connectivity index (χ3v) is 5.23. The number of methoxy groups -OCH3 is 1. The van der Waals surface area contributed by atoms with Crippen molar-refractivity contribution in [2.75, 3.05) is 52.0 Å². The molecule has 8 heteroatoms. The molecule has 0 unspecified atom stereocenters. The number of hydrogen-bond acceptors (Lipinski definition) is 7. The van der Waals surface area contributed by atoms with E-state index in [1.54, 1.807) is 18.2 Å². The van der Waals surface area contributed by atoms with Gasteiger partial charge in [-0.1, -0.05) is 6.07 Å². The predicted octanol–water partition coefficient (Wildman–Crippen LogP) is 3.08. The second kappa shape index (κ2) is 12.4. The molecule has 1 fully saturated rings. The molecule has 172 valence electrons. The summed E-state index contributed by atoms with van der Waals surface area (Å²) in [5.41, 5.74) is 2.34. The van der Waals surface area contributed by atoms with Crippen molar-refractivity contribution in [3.05, 3.63) is 59.4 Å². The maximum Gasteiger partial charge on any atom is 0.165 e. The number of halogens is 1. The van der Waals surface area contributed by atoms with Gasteiger partial charge in [0.25, 0.3) is 0 Å². The van der Waals surface area contributed by atoms with Crippen LogP contribution in [0.15, 0.2) is 42.5 Å². The van der Waals surface area contributed by atoms with E-state index >= 15 is 0 Å². The van der Waals surface area contributed by atoms with Crippen molar-refractivity contribution in [3.8, 4) is 11.8 Å². The molecule has 0 aliphatic carbocycles. The van der Waals surface area contributed by atoms with Crippen LogP contribution in [0.25, 0.3) is 0 Å². The van der Waals surface area contributed by atoms with Gasteiger partial charge < -0.3 is 29.2 Å². The van der Waals surface area contributed by atoms with Gasteiger partial charge in [-0.05, 0) is 49.0 Å². The third-order valence-electron chi connectivity index (χ3n) is 5.23. The van der Waals surface area contributed by atoms with Gasteiger partial charge in [-0.3, -0.25) is 0 Å². The van der Waals surface area contributed by atoms with E-state index in [4.69, 9.17) is 24.2 Å². The Labute approximate surface area is 188 Å². The van der Waals surface area contributed by atoms with Crippen LogP contribution in [-0.2, 0) is 20.8 Å². The van der Waals surface area contributed by atoms with E-state index in [1.807, 2.05) is 25.2 Å². The van der Waals surface area contributed by atoms with Gasteiger partial charge in [0.15, 0.2) is 17.9 Å². The number of benzene rings is 2. The van der Waals surface area contributed by atoms with E-state index in [9.17, 15) is 4.39 Å². The second-order valence-corrected chi connectivity index (χ2v) is 7.53. The Hall–Kier alpha value is -2.70. The first-order valence-corrected chi connectivity index (χ1v) is 10.7. The number of anilines is 1. The van der Waals surface area contributed by atoms with Gasteiger partial charge in [-0.15, -0.1) is 0 Å². The first kappa shape index (κ1) is 24.0. The zero-order valence-electron chi connectivity index (χ0n) is 18.6. The van der Waals surface area contributed by atoms with Crippen molar-refractivity contribution < 1.29 is 23.3 Å². The molecule has 2 aromatic rings. The van der Waals surface area contributed by atoms with Crippen LogP contribution in [0.4, 0.5) is 10.1 Å².